The highest BCUT2D eigenvalue weighted by Crippen LogP contribution is 2.38. The Hall–Kier alpha value is -2.32. The number of hydrogen-bond acceptors (Lipinski definition) is 4. The van der Waals surface area contributed by atoms with E-state index < -0.39 is 0 Å². The van der Waals surface area contributed by atoms with Crippen LogP contribution in [0.5, 0.6) is 5.75 Å². The van der Waals surface area contributed by atoms with E-state index >= 15 is 0 Å². The van der Waals surface area contributed by atoms with Gasteiger partial charge >= 0.3 is 0 Å². The number of aryl methyl sites for hydroxylation is 1. The highest BCUT2D eigenvalue weighted by atomic mass is 32.1. The fraction of sp³-hybridized carbons (Fsp3) is 0.368. The van der Waals surface area contributed by atoms with Gasteiger partial charge in [0.05, 0.1) is 12.2 Å². The second-order valence-electron chi connectivity index (χ2n) is 6.36. The molecule has 1 N–H and O–H groups in total. The third-order valence-electron chi connectivity index (χ3n) is 3.96. The molecule has 124 valence electrons. The Kier molecular flexibility index (Phi) is 4.86. The van der Waals surface area contributed by atoms with Gasteiger partial charge < -0.3 is 10.1 Å². The molecule has 0 unspecified atom stereocenters. The molecule has 0 fully saturated rings. The van der Waals surface area contributed by atoms with Crippen molar-refractivity contribution < 1.29 is 9.53 Å². The maximum atomic E-state index is 12.4. The standard InChI is InChI=1S/C19H20N2O2S/c1-12(2)11-23-14-8-6-13(7-9-14)18(22)21-19-16(10-20)15-4-3-5-17(15)24-19/h6-9,12H,3-5,11H2,1-2H3,(H,21,22). The Morgan fingerprint density at radius 2 is 2.08 bits per heavy atom. The molecule has 2 aromatic rings. The zero-order chi connectivity index (χ0) is 17.1. The third kappa shape index (κ3) is 3.44. The molecule has 0 spiro atoms. The number of thiophene rings is 1. The van der Waals surface area contributed by atoms with Crippen molar-refractivity contribution >= 4 is 22.2 Å². The van der Waals surface area contributed by atoms with Gasteiger partial charge in [0, 0.05) is 10.4 Å². The van der Waals surface area contributed by atoms with Gasteiger partial charge in [-0.25, -0.2) is 0 Å². The average Bonchev–Trinajstić information content (AvgIpc) is 3.13. The molecule has 0 radical (unpaired) electrons. The van der Waals surface area contributed by atoms with E-state index in [4.69, 9.17) is 4.74 Å². The summed E-state index contributed by atoms with van der Waals surface area (Å²) in [7, 11) is 0. The SMILES string of the molecule is CC(C)COc1ccc(C(=O)Nc2sc3c(c2C#N)CCC3)cc1. The Labute approximate surface area is 146 Å². The van der Waals surface area contributed by atoms with Gasteiger partial charge in [-0.1, -0.05) is 13.8 Å². The zero-order valence-electron chi connectivity index (χ0n) is 13.9. The molecule has 1 aliphatic rings. The Balaban J connectivity index is 1.70. The molecular formula is C19H20N2O2S. The van der Waals surface area contributed by atoms with Gasteiger partial charge in [-0.3, -0.25) is 4.79 Å². The van der Waals surface area contributed by atoms with Crippen LogP contribution in [-0.2, 0) is 12.8 Å². The van der Waals surface area contributed by atoms with Crippen molar-refractivity contribution in [2.75, 3.05) is 11.9 Å². The molecule has 4 nitrogen and oxygen atoms in total. The summed E-state index contributed by atoms with van der Waals surface area (Å²) in [5.74, 6) is 1.02. The van der Waals surface area contributed by atoms with Gasteiger partial charge in [-0.05, 0) is 55.0 Å². The van der Waals surface area contributed by atoms with Crippen LogP contribution < -0.4 is 10.1 Å². The highest BCUT2D eigenvalue weighted by molar-refractivity contribution is 7.16. The van der Waals surface area contributed by atoms with Gasteiger partial charge in [0.2, 0.25) is 0 Å². The lowest BCUT2D eigenvalue weighted by Gasteiger charge is -2.09. The molecule has 1 aromatic carbocycles. The number of nitrogens with zero attached hydrogens (tertiary/aromatic N) is 1. The second kappa shape index (κ2) is 7.06. The number of rotatable bonds is 5. The van der Waals surface area contributed by atoms with Crippen LogP contribution in [0.25, 0.3) is 0 Å². The molecule has 1 aromatic heterocycles. The van der Waals surface area contributed by atoms with Crippen LogP contribution in [0.15, 0.2) is 24.3 Å². The molecule has 24 heavy (non-hydrogen) atoms. The Bertz CT molecular complexity index is 785. The van der Waals surface area contributed by atoms with E-state index in [0.717, 1.165) is 30.6 Å². The van der Waals surface area contributed by atoms with Crippen molar-refractivity contribution in [3.63, 3.8) is 0 Å². The molecule has 1 aliphatic carbocycles. The number of benzene rings is 1. The number of amides is 1. The van der Waals surface area contributed by atoms with Crippen molar-refractivity contribution in [2.24, 2.45) is 5.92 Å². The van der Waals surface area contributed by atoms with Gasteiger partial charge in [0.15, 0.2) is 0 Å². The lowest BCUT2D eigenvalue weighted by molar-refractivity contribution is 0.102. The molecule has 0 saturated carbocycles. The van der Waals surface area contributed by atoms with Crippen molar-refractivity contribution in [3.05, 3.63) is 45.8 Å². The van der Waals surface area contributed by atoms with E-state index in [9.17, 15) is 10.1 Å². The molecule has 5 heteroatoms. The summed E-state index contributed by atoms with van der Waals surface area (Å²) in [5.41, 5.74) is 2.32. The molecule has 1 amide bonds. The molecule has 0 saturated heterocycles. The molecule has 0 bridgehead atoms. The lowest BCUT2D eigenvalue weighted by Crippen LogP contribution is -2.12. The summed E-state index contributed by atoms with van der Waals surface area (Å²) in [6.45, 7) is 4.83. The molecule has 0 atom stereocenters. The van der Waals surface area contributed by atoms with Crippen LogP contribution in [-0.4, -0.2) is 12.5 Å². The molecule has 1 heterocycles. The van der Waals surface area contributed by atoms with Crippen molar-refractivity contribution in [3.8, 4) is 11.8 Å². The first-order valence-electron chi connectivity index (χ1n) is 8.17. The van der Waals surface area contributed by atoms with Crippen LogP contribution in [0.2, 0.25) is 0 Å². The monoisotopic (exact) mass is 340 g/mol. The Morgan fingerprint density at radius 3 is 2.75 bits per heavy atom. The maximum Gasteiger partial charge on any atom is 0.256 e. The fourth-order valence-electron chi connectivity index (χ4n) is 2.75. The fourth-order valence-corrected chi connectivity index (χ4v) is 3.99. The van der Waals surface area contributed by atoms with Gasteiger partial charge in [0.25, 0.3) is 5.91 Å². The minimum Gasteiger partial charge on any atom is -0.493 e. The van der Waals surface area contributed by atoms with E-state index in [1.165, 1.54) is 16.2 Å². The number of carbonyl (C=O) groups is 1. The number of hydrogen-bond donors (Lipinski definition) is 1. The number of nitriles is 1. The minimum absolute atomic E-state index is 0.193. The summed E-state index contributed by atoms with van der Waals surface area (Å²) in [5, 5.41) is 13.0. The van der Waals surface area contributed by atoms with Crippen LogP contribution >= 0.6 is 11.3 Å². The van der Waals surface area contributed by atoms with Gasteiger partial charge in [0.1, 0.15) is 16.8 Å². The number of anilines is 1. The van der Waals surface area contributed by atoms with Crippen LogP contribution in [0, 0.1) is 17.2 Å². The summed E-state index contributed by atoms with van der Waals surface area (Å²) >= 11 is 1.53. The van der Waals surface area contributed by atoms with Crippen molar-refractivity contribution in [2.45, 2.75) is 33.1 Å². The van der Waals surface area contributed by atoms with E-state index in [1.807, 2.05) is 0 Å². The maximum absolute atomic E-state index is 12.4. The summed E-state index contributed by atoms with van der Waals surface area (Å²) in [6, 6.07) is 9.35. The van der Waals surface area contributed by atoms with Crippen LogP contribution in [0.4, 0.5) is 5.00 Å². The van der Waals surface area contributed by atoms with Crippen molar-refractivity contribution in [1.82, 2.24) is 0 Å². The highest BCUT2D eigenvalue weighted by Gasteiger charge is 2.23. The third-order valence-corrected chi connectivity index (χ3v) is 5.17. The number of ether oxygens (including phenoxy) is 1. The van der Waals surface area contributed by atoms with E-state index in [1.54, 1.807) is 24.3 Å². The summed E-state index contributed by atoms with van der Waals surface area (Å²) < 4.78 is 5.63. The predicted octanol–water partition coefficient (Wildman–Crippen LogP) is 4.40. The number of nitrogens with one attached hydrogen (secondary N) is 1. The minimum atomic E-state index is -0.193. The molecule has 0 aliphatic heterocycles. The smallest absolute Gasteiger partial charge is 0.256 e. The topological polar surface area (TPSA) is 62.1 Å². The van der Waals surface area contributed by atoms with Crippen LogP contribution in [0.3, 0.4) is 0 Å². The summed E-state index contributed by atoms with van der Waals surface area (Å²) in [6.07, 6.45) is 3.04. The molecule has 3 rings (SSSR count). The van der Waals surface area contributed by atoms with Crippen LogP contribution in [0.1, 0.15) is 46.6 Å². The summed E-state index contributed by atoms with van der Waals surface area (Å²) in [4.78, 5) is 13.7. The van der Waals surface area contributed by atoms with Gasteiger partial charge in [-0.2, -0.15) is 5.26 Å². The lowest BCUT2D eigenvalue weighted by atomic mass is 10.1. The first-order valence-corrected chi connectivity index (χ1v) is 8.99. The zero-order valence-corrected chi connectivity index (χ0v) is 14.7. The number of fused-ring (bicyclic) bond motifs is 1. The predicted molar refractivity (Wildman–Crippen MR) is 95.8 cm³/mol. The van der Waals surface area contributed by atoms with E-state index in [0.29, 0.717) is 28.7 Å². The quantitative estimate of drug-likeness (QED) is 0.878. The second-order valence-corrected chi connectivity index (χ2v) is 7.46. The van der Waals surface area contributed by atoms with Crippen molar-refractivity contribution in [1.29, 1.82) is 5.26 Å². The largest absolute Gasteiger partial charge is 0.493 e. The average molecular weight is 340 g/mol. The first-order chi connectivity index (χ1) is 11.6. The number of carbonyl (C=O) groups excluding carboxylic acids is 1. The van der Waals surface area contributed by atoms with E-state index in [2.05, 4.69) is 25.2 Å². The Morgan fingerprint density at radius 1 is 1.33 bits per heavy atom. The first kappa shape index (κ1) is 16.5. The van der Waals surface area contributed by atoms with Gasteiger partial charge in [-0.15, -0.1) is 11.3 Å². The molecular weight excluding hydrogens is 320 g/mol. The normalized spacial score (nSPS) is 12.8. The van der Waals surface area contributed by atoms with E-state index in [-0.39, 0.29) is 5.91 Å².